The third-order valence-corrected chi connectivity index (χ3v) is 4.69. The van der Waals surface area contributed by atoms with Gasteiger partial charge in [0.2, 0.25) is 0 Å². The van der Waals surface area contributed by atoms with Crippen LogP contribution in [0.15, 0.2) is 48.5 Å². The molecule has 0 spiro atoms. The first kappa shape index (κ1) is 16.8. The second-order valence-electron chi connectivity index (χ2n) is 6.61. The molecule has 2 heterocycles. The number of β-amino-alcohol motifs (C(OH)–C–C–N with tert-alkyl or cyclic N) is 1. The number of benzene rings is 2. The van der Waals surface area contributed by atoms with Crippen LogP contribution in [0.25, 0.3) is 22.8 Å². The number of nitrogens with one attached hydrogen (secondary N) is 1. The summed E-state index contributed by atoms with van der Waals surface area (Å²) in [5.74, 6) is 2.23. The molecule has 0 radical (unpaired) electrons. The van der Waals surface area contributed by atoms with E-state index in [4.69, 9.17) is 4.74 Å². The standard InChI is InChI=1S/C20H22N4O2/c1-26-18-7-5-15(6-8-18)19-21-20(23-22-19)16-4-2-3-14(11-16)12-24-10-9-17(25)13-24/h2-8,11,17,25H,9-10,12-13H2,1H3,(H,21,22,23). The van der Waals surface area contributed by atoms with Crippen LogP contribution >= 0.6 is 0 Å². The Morgan fingerprint density at radius 1 is 1.19 bits per heavy atom. The first-order valence-corrected chi connectivity index (χ1v) is 8.78. The van der Waals surface area contributed by atoms with Gasteiger partial charge in [-0.15, -0.1) is 0 Å². The summed E-state index contributed by atoms with van der Waals surface area (Å²) in [6, 6.07) is 16.0. The maximum absolute atomic E-state index is 9.68. The monoisotopic (exact) mass is 350 g/mol. The Labute approximate surface area is 152 Å². The molecule has 4 rings (SSSR count). The normalized spacial score (nSPS) is 17.5. The van der Waals surface area contributed by atoms with Crippen molar-refractivity contribution in [1.29, 1.82) is 0 Å². The van der Waals surface area contributed by atoms with Crippen molar-refractivity contribution in [2.75, 3.05) is 20.2 Å². The Hall–Kier alpha value is -2.70. The third-order valence-electron chi connectivity index (χ3n) is 4.69. The highest BCUT2D eigenvalue weighted by atomic mass is 16.5. The zero-order chi connectivity index (χ0) is 17.9. The largest absolute Gasteiger partial charge is 0.497 e. The predicted molar refractivity (Wildman–Crippen MR) is 99.7 cm³/mol. The number of aliphatic hydroxyl groups is 1. The summed E-state index contributed by atoms with van der Waals surface area (Å²) >= 11 is 0. The van der Waals surface area contributed by atoms with E-state index >= 15 is 0 Å². The van der Waals surface area contributed by atoms with Crippen LogP contribution in [0.4, 0.5) is 0 Å². The lowest BCUT2D eigenvalue weighted by Gasteiger charge is -2.15. The number of rotatable bonds is 5. The number of hydrogen-bond donors (Lipinski definition) is 2. The van der Waals surface area contributed by atoms with Crippen molar-refractivity contribution in [2.24, 2.45) is 0 Å². The molecule has 134 valence electrons. The molecule has 1 aromatic heterocycles. The van der Waals surface area contributed by atoms with Crippen molar-refractivity contribution in [2.45, 2.75) is 19.1 Å². The minimum Gasteiger partial charge on any atom is -0.497 e. The van der Waals surface area contributed by atoms with E-state index in [1.165, 1.54) is 5.56 Å². The molecule has 0 bridgehead atoms. The van der Waals surface area contributed by atoms with Crippen LogP contribution in [0.1, 0.15) is 12.0 Å². The predicted octanol–water partition coefficient (Wildman–Crippen LogP) is 2.71. The number of nitrogens with zero attached hydrogens (tertiary/aromatic N) is 3. The summed E-state index contributed by atoms with van der Waals surface area (Å²) in [5, 5.41) is 17.1. The van der Waals surface area contributed by atoms with Gasteiger partial charge in [-0.2, -0.15) is 5.10 Å². The highest BCUT2D eigenvalue weighted by Crippen LogP contribution is 2.23. The first-order valence-electron chi connectivity index (χ1n) is 8.78. The van der Waals surface area contributed by atoms with Crippen molar-refractivity contribution < 1.29 is 9.84 Å². The zero-order valence-electron chi connectivity index (χ0n) is 14.7. The fourth-order valence-corrected chi connectivity index (χ4v) is 3.29. The molecule has 3 aromatic rings. The average molecular weight is 350 g/mol. The van der Waals surface area contributed by atoms with Crippen LogP contribution in [-0.2, 0) is 6.54 Å². The summed E-state index contributed by atoms with van der Waals surface area (Å²) in [4.78, 5) is 6.90. The summed E-state index contributed by atoms with van der Waals surface area (Å²) in [6.45, 7) is 2.51. The number of H-pyrrole nitrogens is 1. The topological polar surface area (TPSA) is 74.3 Å². The number of likely N-dealkylation sites (tertiary alicyclic amines) is 1. The van der Waals surface area contributed by atoms with E-state index in [0.717, 1.165) is 48.8 Å². The van der Waals surface area contributed by atoms with Crippen LogP contribution in [0.5, 0.6) is 5.75 Å². The van der Waals surface area contributed by atoms with Crippen LogP contribution in [0.2, 0.25) is 0 Å². The highest BCUT2D eigenvalue weighted by Gasteiger charge is 2.20. The fourth-order valence-electron chi connectivity index (χ4n) is 3.29. The zero-order valence-corrected chi connectivity index (χ0v) is 14.7. The van der Waals surface area contributed by atoms with Gasteiger partial charge in [-0.3, -0.25) is 10.00 Å². The van der Waals surface area contributed by atoms with E-state index in [1.807, 2.05) is 36.4 Å². The molecule has 6 heteroatoms. The molecule has 1 unspecified atom stereocenters. The van der Waals surface area contributed by atoms with E-state index in [2.05, 4.69) is 32.2 Å². The highest BCUT2D eigenvalue weighted by molar-refractivity contribution is 5.62. The van der Waals surface area contributed by atoms with Crippen molar-refractivity contribution in [1.82, 2.24) is 20.1 Å². The van der Waals surface area contributed by atoms with Gasteiger partial charge in [0.05, 0.1) is 13.2 Å². The Bertz CT molecular complexity index is 876. The Morgan fingerprint density at radius 3 is 2.77 bits per heavy atom. The quantitative estimate of drug-likeness (QED) is 0.740. The molecule has 2 aromatic carbocycles. The van der Waals surface area contributed by atoms with Gasteiger partial charge in [0, 0.05) is 30.8 Å². The smallest absolute Gasteiger partial charge is 0.181 e. The molecule has 0 amide bonds. The molecule has 1 fully saturated rings. The summed E-state index contributed by atoms with van der Waals surface area (Å²) in [7, 11) is 1.65. The van der Waals surface area contributed by atoms with Gasteiger partial charge >= 0.3 is 0 Å². The molecular weight excluding hydrogens is 328 g/mol. The molecule has 1 aliphatic rings. The molecule has 1 atom stereocenters. The molecule has 0 saturated carbocycles. The number of aliphatic hydroxyl groups excluding tert-OH is 1. The van der Waals surface area contributed by atoms with Crippen LogP contribution in [0, 0.1) is 0 Å². The maximum Gasteiger partial charge on any atom is 0.181 e. The van der Waals surface area contributed by atoms with Crippen LogP contribution in [-0.4, -0.2) is 51.5 Å². The van der Waals surface area contributed by atoms with Gasteiger partial charge < -0.3 is 9.84 Å². The van der Waals surface area contributed by atoms with Gasteiger partial charge in [0.25, 0.3) is 0 Å². The number of methoxy groups -OCH3 is 1. The molecule has 1 aliphatic heterocycles. The lowest BCUT2D eigenvalue weighted by atomic mass is 10.1. The minimum atomic E-state index is -0.196. The number of aromatic amines is 1. The van der Waals surface area contributed by atoms with Gasteiger partial charge in [0.1, 0.15) is 5.75 Å². The minimum absolute atomic E-state index is 0.196. The van der Waals surface area contributed by atoms with Crippen LogP contribution < -0.4 is 4.74 Å². The maximum atomic E-state index is 9.68. The second kappa shape index (κ2) is 7.27. The fraction of sp³-hybridized carbons (Fsp3) is 0.300. The molecule has 2 N–H and O–H groups in total. The summed E-state index contributed by atoms with van der Waals surface area (Å²) in [5.41, 5.74) is 3.15. The number of aromatic nitrogens is 3. The molecule has 0 aliphatic carbocycles. The Morgan fingerprint density at radius 2 is 2.04 bits per heavy atom. The Balaban J connectivity index is 1.52. The van der Waals surface area contributed by atoms with Crippen molar-refractivity contribution in [3.63, 3.8) is 0 Å². The lowest BCUT2D eigenvalue weighted by molar-refractivity contribution is 0.175. The second-order valence-corrected chi connectivity index (χ2v) is 6.61. The van der Waals surface area contributed by atoms with E-state index in [0.29, 0.717) is 5.82 Å². The van der Waals surface area contributed by atoms with Gasteiger partial charge in [-0.05, 0) is 42.3 Å². The van der Waals surface area contributed by atoms with E-state index in [1.54, 1.807) is 7.11 Å². The van der Waals surface area contributed by atoms with Gasteiger partial charge in [0.15, 0.2) is 11.6 Å². The molecule has 6 nitrogen and oxygen atoms in total. The molecular formula is C20H22N4O2. The van der Waals surface area contributed by atoms with Crippen LogP contribution in [0.3, 0.4) is 0 Å². The number of ether oxygens (including phenoxy) is 1. The SMILES string of the molecule is COc1ccc(-c2nc(-c3cccc(CN4CCC(O)C4)c3)n[nH]2)cc1. The number of hydrogen-bond acceptors (Lipinski definition) is 5. The average Bonchev–Trinajstić information content (AvgIpc) is 3.31. The van der Waals surface area contributed by atoms with Crippen molar-refractivity contribution >= 4 is 0 Å². The third kappa shape index (κ3) is 3.61. The summed E-state index contributed by atoms with van der Waals surface area (Å²) < 4.78 is 5.19. The molecule has 26 heavy (non-hydrogen) atoms. The van der Waals surface area contributed by atoms with Crippen molar-refractivity contribution in [3.8, 4) is 28.5 Å². The first-order chi connectivity index (χ1) is 12.7. The van der Waals surface area contributed by atoms with Crippen molar-refractivity contribution in [3.05, 3.63) is 54.1 Å². The van der Waals surface area contributed by atoms with Gasteiger partial charge in [-0.1, -0.05) is 18.2 Å². The van der Waals surface area contributed by atoms with Gasteiger partial charge in [-0.25, -0.2) is 4.98 Å². The Kier molecular flexibility index (Phi) is 4.69. The van der Waals surface area contributed by atoms with E-state index in [9.17, 15) is 5.11 Å². The van der Waals surface area contributed by atoms with E-state index < -0.39 is 0 Å². The summed E-state index contributed by atoms with van der Waals surface area (Å²) in [6.07, 6.45) is 0.657. The van der Waals surface area contributed by atoms with E-state index in [-0.39, 0.29) is 6.10 Å². The lowest BCUT2D eigenvalue weighted by Crippen LogP contribution is -2.21. The molecule has 1 saturated heterocycles.